The largest absolute Gasteiger partial charge is 0.387 e. The first kappa shape index (κ1) is 23.8. The summed E-state index contributed by atoms with van der Waals surface area (Å²) in [6.45, 7) is 9.94. The van der Waals surface area contributed by atoms with Gasteiger partial charge in [0.15, 0.2) is 5.82 Å². The Balaban J connectivity index is 1.35. The fraction of sp³-hybridized carbons (Fsp3) is 0.520. The molecule has 2 aliphatic heterocycles. The number of hydrogen-bond acceptors (Lipinski definition) is 10. The highest BCUT2D eigenvalue weighted by Gasteiger charge is 2.19. The van der Waals surface area contributed by atoms with E-state index in [0.29, 0.717) is 24.1 Å². The number of aromatic nitrogens is 4. The average Bonchev–Trinajstić information content (AvgIpc) is 3.15. The summed E-state index contributed by atoms with van der Waals surface area (Å²) in [5.41, 5.74) is 2.56. The summed E-state index contributed by atoms with van der Waals surface area (Å²) in [4.78, 5) is 25.7. The molecular formula is C25H34N8O2. The van der Waals surface area contributed by atoms with Crippen LogP contribution < -0.4 is 10.2 Å². The number of nitrogens with zero attached hydrogens (tertiary/aromatic N) is 7. The molecule has 0 saturated carbocycles. The number of nitrogens with one attached hydrogen (secondary N) is 1. The molecule has 35 heavy (non-hydrogen) atoms. The first-order valence-corrected chi connectivity index (χ1v) is 12.4. The first-order chi connectivity index (χ1) is 17.0. The van der Waals surface area contributed by atoms with Gasteiger partial charge in [0.2, 0.25) is 5.95 Å². The van der Waals surface area contributed by atoms with Gasteiger partial charge in [-0.3, -0.25) is 4.90 Å². The normalized spacial score (nSPS) is 19.0. The van der Waals surface area contributed by atoms with E-state index in [1.54, 1.807) is 13.1 Å². The minimum absolute atomic E-state index is 0.468. The molecule has 2 fully saturated rings. The van der Waals surface area contributed by atoms with Gasteiger partial charge >= 0.3 is 0 Å². The molecule has 2 N–H and O–H groups in total. The molecule has 0 aromatic carbocycles. The minimum Gasteiger partial charge on any atom is -0.387 e. The molecule has 10 nitrogen and oxygen atoms in total. The van der Waals surface area contributed by atoms with Crippen LogP contribution in [0.5, 0.6) is 0 Å². The van der Waals surface area contributed by atoms with Gasteiger partial charge in [-0.25, -0.2) is 19.9 Å². The van der Waals surface area contributed by atoms with Crippen LogP contribution in [-0.2, 0) is 11.3 Å². The number of piperazine rings is 1. The van der Waals surface area contributed by atoms with Gasteiger partial charge in [-0.1, -0.05) is 6.07 Å². The van der Waals surface area contributed by atoms with E-state index in [9.17, 15) is 5.11 Å². The number of fused-ring (bicyclic) bond motifs is 1. The number of likely N-dealkylation sites (N-methyl/N-ethyl adjacent to an activating group) is 1. The van der Waals surface area contributed by atoms with E-state index in [-0.39, 0.29) is 0 Å². The van der Waals surface area contributed by atoms with Crippen LogP contribution in [0.1, 0.15) is 30.7 Å². The van der Waals surface area contributed by atoms with Crippen LogP contribution in [0.4, 0.5) is 17.6 Å². The van der Waals surface area contributed by atoms with Crippen LogP contribution >= 0.6 is 0 Å². The van der Waals surface area contributed by atoms with Crippen molar-refractivity contribution in [3.8, 4) is 0 Å². The molecule has 2 saturated heterocycles. The third-order valence-electron chi connectivity index (χ3n) is 6.58. The van der Waals surface area contributed by atoms with E-state index in [4.69, 9.17) is 14.7 Å². The molecule has 0 amide bonds. The van der Waals surface area contributed by atoms with E-state index in [1.165, 1.54) is 5.56 Å². The second-order valence-electron chi connectivity index (χ2n) is 9.39. The number of rotatable bonds is 6. The highest BCUT2D eigenvalue weighted by Crippen LogP contribution is 2.28. The maximum absolute atomic E-state index is 10.2. The molecule has 3 aromatic rings. The fourth-order valence-corrected chi connectivity index (χ4v) is 4.47. The number of pyridine rings is 2. The molecule has 5 heterocycles. The summed E-state index contributed by atoms with van der Waals surface area (Å²) >= 11 is 0. The summed E-state index contributed by atoms with van der Waals surface area (Å²) in [7, 11) is 2.17. The number of anilines is 3. The molecule has 186 valence electrons. The van der Waals surface area contributed by atoms with Gasteiger partial charge < -0.3 is 25.0 Å². The molecule has 0 radical (unpaired) electrons. The zero-order chi connectivity index (χ0) is 24.2. The molecular weight excluding hydrogens is 444 g/mol. The smallest absolute Gasteiger partial charge is 0.229 e. The Kier molecular flexibility index (Phi) is 7.33. The first-order valence-electron chi connectivity index (χ1n) is 12.4. The van der Waals surface area contributed by atoms with Crippen LogP contribution in [0.15, 0.2) is 30.6 Å². The quantitative estimate of drug-likeness (QED) is 0.548. The molecule has 0 unspecified atom stereocenters. The van der Waals surface area contributed by atoms with Crippen molar-refractivity contribution in [3.63, 3.8) is 0 Å². The van der Waals surface area contributed by atoms with Gasteiger partial charge in [-0.05, 0) is 38.1 Å². The van der Waals surface area contributed by atoms with Gasteiger partial charge in [0.25, 0.3) is 0 Å². The summed E-state index contributed by atoms with van der Waals surface area (Å²) in [5.74, 6) is 1.92. The molecule has 0 spiro atoms. The molecule has 0 aliphatic carbocycles. The number of hydrogen-bond donors (Lipinski definition) is 2. The minimum atomic E-state index is -0.673. The molecule has 10 heteroatoms. The zero-order valence-corrected chi connectivity index (χ0v) is 20.5. The van der Waals surface area contributed by atoms with Crippen molar-refractivity contribution in [2.24, 2.45) is 0 Å². The van der Waals surface area contributed by atoms with Crippen LogP contribution in [0.2, 0.25) is 0 Å². The van der Waals surface area contributed by atoms with Crippen molar-refractivity contribution >= 4 is 28.5 Å². The van der Waals surface area contributed by atoms with E-state index in [1.807, 2.05) is 18.3 Å². The Morgan fingerprint density at radius 2 is 1.89 bits per heavy atom. The predicted octanol–water partition coefficient (Wildman–Crippen LogP) is 2.19. The maximum Gasteiger partial charge on any atom is 0.229 e. The highest BCUT2D eigenvalue weighted by molar-refractivity contribution is 5.89. The average molecular weight is 479 g/mol. The Hall–Kier alpha value is -2.92. The van der Waals surface area contributed by atoms with Crippen molar-refractivity contribution < 1.29 is 9.84 Å². The topological polar surface area (TPSA) is 103 Å². The molecule has 0 bridgehead atoms. The van der Waals surface area contributed by atoms with Crippen LogP contribution in [-0.4, -0.2) is 94.4 Å². The van der Waals surface area contributed by atoms with E-state index in [2.05, 4.69) is 43.1 Å². The molecule has 2 aliphatic rings. The number of ether oxygens (including phenoxy) is 1. The van der Waals surface area contributed by atoms with Crippen LogP contribution in [0.3, 0.4) is 0 Å². The SMILES string of the molecule is C[C@@H](O)c1cc2cnc(Nc3ccc(CN4CCN(C)CC4)cn3)nc2c(N2CCCOCC2)n1. The number of aliphatic hydroxyl groups is 1. The van der Waals surface area contributed by atoms with Crippen LogP contribution in [0.25, 0.3) is 10.9 Å². The fourth-order valence-electron chi connectivity index (χ4n) is 4.47. The summed E-state index contributed by atoms with van der Waals surface area (Å²) in [6.07, 6.45) is 3.94. The van der Waals surface area contributed by atoms with Gasteiger partial charge in [-0.2, -0.15) is 0 Å². The second kappa shape index (κ2) is 10.8. The highest BCUT2D eigenvalue weighted by atomic mass is 16.5. The lowest BCUT2D eigenvalue weighted by Gasteiger charge is -2.32. The lowest BCUT2D eigenvalue weighted by molar-refractivity contribution is 0.148. The lowest BCUT2D eigenvalue weighted by atomic mass is 10.2. The van der Waals surface area contributed by atoms with Crippen molar-refractivity contribution in [1.82, 2.24) is 29.7 Å². The van der Waals surface area contributed by atoms with E-state index >= 15 is 0 Å². The lowest BCUT2D eigenvalue weighted by Crippen LogP contribution is -2.43. The summed E-state index contributed by atoms with van der Waals surface area (Å²) < 4.78 is 5.62. The predicted molar refractivity (Wildman–Crippen MR) is 136 cm³/mol. The van der Waals surface area contributed by atoms with Gasteiger partial charge in [0.05, 0.1) is 18.4 Å². The monoisotopic (exact) mass is 478 g/mol. The van der Waals surface area contributed by atoms with Crippen LogP contribution in [0, 0.1) is 0 Å². The van der Waals surface area contributed by atoms with E-state index in [0.717, 1.165) is 75.6 Å². The third kappa shape index (κ3) is 5.84. The van der Waals surface area contributed by atoms with Crippen molar-refractivity contribution in [2.45, 2.75) is 26.0 Å². The number of aliphatic hydroxyl groups excluding tert-OH is 1. The van der Waals surface area contributed by atoms with Crippen molar-refractivity contribution in [2.75, 3.05) is 69.7 Å². The summed E-state index contributed by atoms with van der Waals surface area (Å²) in [6, 6.07) is 5.93. The van der Waals surface area contributed by atoms with Crippen molar-refractivity contribution in [1.29, 1.82) is 0 Å². The Morgan fingerprint density at radius 3 is 2.66 bits per heavy atom. The Labute approximate surface area is 206 Å². The standard InChI is InChI=1S/C25H34N8O2/c1-18(34)21-14-20-16-27-25(30-23(20)24(28-21)33-6-3-12-35-13-11-33)29-22-5-4-19(15-26-22)17-32-9-7-31(2)8-10-32/h4-5,14-16,18,34H,3,6-13,17H2,1-2H3,(H,26,27,29,30)/t18-/m1/s1. The molecule has 1 atom stereocenters. The van der Waals surface area contributed by atoms with Crippen molar-refractivity contribution in [3.05, 3.63) is 41.9 Å². The van der Waals surface area contributed by atoms with Gasteiger partial charge in [0, 0.05) is 70.2 Å². The second-order valence-corrected chi connectivity index (χ2v) is 9.39. The van der Waals surface area contributed by atoms with Gasteiger partial charge in [-0.15, -0.1) is 0 Å². The van der Waals surface area contributed by atoms with E-state index < -0.39 is 6.10 Å². The van der Waals surface area contributed by atoms with Gasteiger partial charge in [0.1, 0.15) is 11.3 Å². The Morgan fingerprint density at radius 1 is 1.03 bits per heavy atom. The maximum atomic E-state index is 10.2. The zero-order valence-electron chi connectivity index (χ0n) is 20.5. The summed E-state index contributed by atoms with van der Waals surface area (Å²) in [5, 5.41) is 14.3. The third-order valence-corrected chi connectivity index (χ3v) is 6.58. The molecule has 5 rings (SSSR count). The molecule has 3 aromatic heterocycles. The Bertz CT molecular complexity index is 1120.